The zero-order valence-corrected chi connectivity index (χ0v) is 34.6. The number of methoxy groups -OCH3 is 2. The molecule has 0 aromatic carbocycles. The molecule has 328 valence electrons. The summed E-state index contributed by atoms with van der Waals surface area (Å²) >= 11 is 0. The van der Waals surface area contributed by atoms with E-state index >= 15 is 0 Å². The molecule has 2 heterocycles. The molecule has 21 atom stereocenters. The standard InChI is InChI=1S/C42H70O15/c1-18(2)19(3)9-10-20(4)28-26(15-22-27-21(11-13-42(22,28)6)41(5)14-12-23(43)30(46)29(41)32(48)31(27)47)54-40-35(51)38(37(56-40)25(45)17-53-8)57-39-34(50)33(49)36(55-39)24(44)16-52-7/h18,20-21,23-26,28-40,43-51H,3,9-17H2,1-2,4-8H3/t20-,21+,23+,24-,25-,26-,28+,29-,30+,31-,32+,33+,34-,35-,36+,37+,38+,39+,40-,41-,42+/m1/s1. The molecule has 0 aromatic rings. The lowest BCUT2D eigenvalue weighted by molar-refractivity contribution is -0.226. The molecule has 57 heavy (non-hydrogen) atoms. The van der Waals surface area contributed by atoms with E-state index in [0.717, 1.165) is 36.0 Å². The van der Waals surface area contributed by atoms with Crippen LogP contribution in [0, 0.1) is 40.4 Å². The van der Waals surface area contributed by atoms with Crippen molar-refractivity contribution in [2.45, 2.75) is 171 Å². The van der Waals surface area contributed by atoms with Gasteiger partial charge in [-0.25, -0.2) is 0 Å². The fourth-order valence-corrected chi connectivity index (χ4v) is 11.8. The first-order chi connectivity index (χ1) is 26.8. The third-order valence-corrected chi connectivity index (χ3v) is 15.1. The number of fused-ring (bicyclic) bond motifs is 4. The van der Waals surface area contributed by atoms with Crippen LogP contribution in [0.25, 0.3) is 0 Å². The van der Waals surface area contributed by atoms with Gasteiger partial charge >= 0.3 is 0 Å². The summed E-state index contributed by atoms with van der Waals surface area (Å²) in [5.41, 5.74) is 1.89. The highest BCUT2D eigenvalue weighted by molar-refractivity contribution is 5.40. The first-order valence-electron chi connectivity index (χ1n) is 21.0. The van der Waals surface area contributed by atoms with Crippen molar-refractivity contribution >= 4 is 0 Å². The Labute approximate surface area is 336 Å². The zero-order chi connectivity index (χ0) is 41.9. The highest BCUT2D eigenvalue weighted by Crippen LogP contribution is 2.66. The van der Waals surface area contributed by atoms with Crippen LogP contribution in [-0.2, 0) is 28.4 Å². The summed E-state index contributed by atoms with van der Waals surface area (Å²) in [6.07, 6.45) is -14.6. The van der Waals surface area contributed by atoms with E-state index in [2.05, 4.69) is 41.2 Å². The number of rotatable bonds is 15. The molecule has 5 fully saturated rings. The molecule has 4 aliphatic carbocycles. The average Bonchev–Trinajstić information content (AvgIpc) is 3.74. The Morgan fingerprint density at radius 3 is 2.04 bits per heavy atom. The largest absolute Gasteiger partial charge is 0.390 e. The molecule has 6 aliphatic rings. The molecule has 3 saturated carbocycles. The van der Waals surface area contributed by atoms with Gasteiger partial charge in [-0.3, -0.25) is 0 Å². The lowest BCUT2D eigenvalue weighted by atomic mass is 9.47. The highest BCUT2D eigenvalue weighted by atomic mass is 16.8. The van der Waals surface area contributed by atoms with E-state index in [1.807, 2.05) is 0 Å². The Kier molecular flexibility index (Phi) is 14.1. The van der Waals surface area contributed by atoms with Crippen molar-refractivity contribution in [3.63, 3.8) is 0 Å². The van der Waals surface area contributed by atoms with Crippen LogP contribution in [0.2, 0.25) is 0 Å². The summed E-state index contributed by atoms with van der Waals surface area (Å²) in [7, 11) is 2.77. The number of ether oxygens (including phenoxy) is 6. The number of allylic oxidation sites excluding steroid dienone is 1. The number of hydrogen-bond acceptors (Lipinski definition) is 15. The fraction of sp³-hybridized carbons (Fsp3) is 0.905. The molecule has 9 N–H and O–H groups in total. The van der Waals surface area contributed by atoms with Crippen molar-refractivity contribution in [2.24, 2.45) is 40.4 Å². The van der Waals surface area contributed by atoms with Gasteiger partial charge in [0.1, 0.15) is 54.9 Å². The monoisotopic (exact) mass is 814 g/mol. The van der Waals surface area contributed by atoms with Crippen LogP contribution in [0.4, 0.5) is 0 Å². The maximum atomic E-state index is 12.0. The third kappa shape index (κ3) is 8.07. The molecule has 0 bridgehead atoms. The second-order valence-corrected chi connectivity index (χ2v) is 18.8. The molecule has 0 unspecified atom stereocenters. The molecule has 0 aromatic heterocycles. The Morgan fingerprint density at radius 2 is 1.40 bits per heavy atom. The average molecular weight is 815 g/mol. The van der Waals surface area contributed by atoms with Gasteiger partial charge in [0.25, 0.3) is 0 Å². The van der Waals surface area contributed by atoms with Crippen LogP contribution in [0.5, 0.6) is 0 Å². The quantitative estimate of drug-likeness (QED) is 0.103. The first-order valence-corrected chi connectivity index (χ1v) is 21.0. The van der Waals surface area contributed by atoms with Gasteiger partial charge < -0.3 is 74.4 Å². The molecule has 2 aliphatic heterocycles. The van der Waals surface area contributed by atoms with Gasteiger partial charge in [0.05, 0.1) is 37.6 Å². The van der Waals surface area contributed by atoms with Crippen molar-refractivity contribution < 1.29 is 74.4 Å². The van der Waals surface area contributed by atoms with Crippen LogP contribution < -0.4 is 0 Å². The van der Waals surface area contributed by atoms with Crippen LogP contribution >= 0.6 is 0 Å². The molecule has 2 saturated heterocycles. The Balaban J connectivity index is 1.32. The Morgan fingerprint density at radius 1 is 0.789 bits per heavy atom. The van der Waals surface area contributed by atoms with Crippen molar-refractivity contribution in [2.75, 3.05) is 27.4 Å². The van der Waals surface area contributed by atoms with E-state index in [0.29, 0.717) is 31.6 Å². The van der Waals surface area contributed by atoms with Gasteiger partial charge in [0.15, 0.2) is 12.6 Å². The van der Waals surface area contributed by atoms with E-state index in [1.54, 1.807) is 0 Å². The smallest absolute Gasteiger partial charge is 0.187 e. The third-order valence-electron chi connectivity index (χ3n) is 15.1. The Bertz CT molecular complexity index is 1430. The minimum atomic E-state index is -1.61. The molecule has 15 heteroatoms. The first kappa shape index (κ1) is 45.4. The van der Waals surface area contributed by atoms with Gasteiger partial charge in [-0.15, -0.1) is 0 Å². The molecular weight excluding hydrogens is 744 g/mol. The number of aliphatic hydroxyl groups excluding tert-OH is 9. The SMILES string of the molecule is C=C(CC[C@@H](C)[C@H]1[C@H](O[C@@H]2O[C@@H]([C@H](O)COC)[C@@H](O[C@@H]3O[C@@H]([C@H](O)COC)[C@@H](O)[C@H]3O)[C@H]2O)CC2=C3[C@@H](O)[C@@H](O)[C@H]4[C@@H](O)[C@@H](O)CC[C@]4(C)[C@H]3CC[C@@]21C)C(C)C. The van der Waals surface area contributed by atoms with Crippen molar-refractivity contribution in [3.8, 4) is 0 Å². The summed E-state index contributed by atoms with van der Waals surface area (Å²) < 4.78 is 35.1. The summed E-state index contributed by atoms with van der Waals surface area (Å²) in [6.45, 7) is 14.6. The molecule has 15 nitrogen and oxygen atoms in total. The lowest BCUT2D eigenvalue weighted by Crippen LogP contribution is -2.63. The van der Waals surface area contributed by atoms with Gasteiger partial charge in [-0.1, -0.05) is 52.3 Å². The highest BCUT2D eigenvalue weighted by Gasteiger charge is 2.65. The van der Waals surface area contributed by atoms with E-state index in [1.165, 1.54) is 14.2 Å². The van der Waals surface area contributed by atoms with Crippen LogP contribution in [0.1, 0.15) is 79.6 Å². The van der Waals surface area contributed by atoms with E-state index in [9.17, 15) is 46.0 Å². The predicted octanol–water partition coefficient (Wildman–Crippen LogP) is 0.539. The maximum absolute atomic E-state index is 12.0. The van der Waals surface area contributed by atoms with Gasteiger partial charge in [0, 0.05) is 20.1 Å². The van der Waals surface area contributed by atoms with E-state index in [4.69, 9.17) is 28.4 Å². The lowest BCUT2D eigenvalue weighted by Gasteiger charge is -2.60. The molecule has 0 amide bonds. The van der Waals surface area contributed by atoms with E-state index in [-0.39, 0.29) is 31.0 Å². The minimum Gasteiger partial charge on any atom is -0.390 e. The van der Waals surface area contributed by atoms with Crippen molar-refractivity contribution in [3.05, 3.63) is 23.3 Å². The van der Waals surface area contributed by atoms with Crippen molar-refractivity contribution in [1.29, 1.82) is 0 Å². The summed E-state index contributed by atoms with van der Waals surface area (Å²) in [5, 5.41) is 100. The molecule has 0 spiro atoms. The molecular formula is C42H70O15. The second-order valence-electron chi connectivity index (χ2n) is 18.8. The van der Waals surface area contributed by atoms with Gasteiger partial charge in [0.2, 0.25) is 0 Å². The topological polar surface area (TPSA) is 237 Å². The van der Waals surface area contributed by atoms with Gasteiger partial charge in [-0.2, -0.15) is 0 Å². The predicted molar refractivity (Wildman–Crippen MR) is 204 cm³/mol. The van der Waals surface area contributed by atoms with Crippen LogP contribution in [0.15, 0.2) is 23.3 Å². The zero-order valence-electron chi connectivity index (χ0n) is 34.6. The normalized spacial score (nSPS) is 47.5. The summed E-state index contributed by atoms with van der Waals surface area (Å²) in [6, 6.07) is 0. The minimum absolute atomic E-state index is 0.0743. The van der Waals surface area contributed by atoms with Crippen LogP contribution in [0.3, 0.4) is 0 Å². The number of hydrogen-bond donors (Lipinski definition) is 9. The number of aliphatic hydroxyl groups is 9. The maximum Gasteiger partial charge on any atom is 0.187 e. The summed E-state index contributed by atoms with van der Waals surface area (Å²) in [5.74, 6) is -0.585. The van der Waals surface area contributed by atoms with Crippen molar-refractivity contribution in [1.82, 2.24) is 0 Å². The Hall–Kier alpha value is -1.12. The summed E-state index contributed by atoms with van der Waals surface area (Å²) in [4.78, 5) is 0. The van der Waals surface area contributed by atoms with Crippen LogP contribution in [-0.4, -0.2) is 165 Å². The van der Waals surface area contributed by atoms with E-state index < -0.39 is 109 Å². The molecule has 0 radical (unpaired) electrons. The second kappa shape index (κ2) is 17.7. The van der Waals surface area contributed by atoms with Gasteiger partial charge in [-0.05, 0) is 85.0 Å². The fourth-order valence-electron chi connectivity index (χ4n) is 11.8. The molecule has 6 rings (SSSR count).